The highest BCUT2D eigenvalue weighted by atomic mass is 32.2. The minimum atomic E-state index is -3.80. The van der Waals surface area contributed by atoms with Crippen molar-refractivity contribution in [2.24, 2.45) is 5.92 Å². The predicted molar refractivity (Wildman–Crippen MR) is 73.1 cm³/mol. The van der Waals surface area contributed by atoms with Gasteiger partial charge >= 0.3 is 0 Å². The third-order valence-electron chi connectivity index (χ3n) is 3.54. The minimum absolute atomic E-state index is 0.189. The Labute approximate surface area is 118 Å². The largest absolute Gasteiger partial charge is 0.392 e. The fraction of sp³-hybridized carbons (Fsp3) is 0.538. The van der Waals surface area contributed by atoms with Gasteiger partial charge in [-0.15, -0.1) is 0 Å². The average molecular weight is 302 g/mol. The number of rotatable bonds is 5. The lowest BCUT2D eigenvalue weighted by atomic mass is 10.1. The monoisotopic (exact) mass is 302 g/mol. The zero-order chi connectivity index (χ0) is 14.8. The van der Waals surface area contributed by atoms with Gasteiger partial charge in [-0.05, 0) is 43.6 Å². The zero-order valence-electron chi connectivity index (χ0n) is 11.3. The number of halogens is 1. The summed E-state index contributed by atoms with van der Waals surface area (Å²) >= 11 is 0. The van der Waals surface area contributed by atoms with Crippen molar-refractivity contribution >= 4 is 10.0 Å². The summed E-state index contributed by atoms with van der Waals surface area (Å²) in [6.07, 6.45) is 0.940. The van der Waals surface area contributed by atoms with Crippen molar-refractivity contribution in [2.45, 2.75) is 17.9 Å². The average Bonchev–Trinajstić information content (AvgIpc) is 2.82. The molecule has 1 aromatic carbocycles. The van der Waals surface area contributed by atoms with Crippen molar-refractivity contribution in [3.8, 4) is 0 Å². The van der Waals surface area contributed by atoms with Crippen LogP contribution in [-0.2, 0) is 16.6 Å². The molecule has 7 heteroatoms. The number of hydrogen-bond donors (Lipinski definition) is 2. The molecule has 1 atom stereocenters. The highest BCUT2D eigenvalue weighted by Crippen LogP contribution is 2.19. The van der Waals surface area contributed by atoms with Gasteiger partial charge in [0.15, 0.2) is 0 Å². The van der Waals surface area contributed by atoms with Gasteiger partial charge in [-0.1, -0.05) is 6.07 Å². The summed E-state index contributed by atoms with van der Waals surface area (Å²) < 4.78 is 40.1. The first kappa shape index (κ1) is 15.4. The minimum Gasteiger partial charge on any atom is -0.392 e. The topological polar surface area (TPSA) is 69.6 Å². The molecule has 20 heavy (non-hydrogen) atoms. The van der Waals surface area contributed by atoms with E-state index in [0.717, 1.165) is 31.6 Å². The van der Waals surface area contributed by atoms with Crippen molar-refractivity contribution in [1.29, 1.82) is 0 Å². The molecule has 0 amide bonds. The molecule has 2 N–H and O–H groups in total. The quantitative estimate of drug-likeness (QED) is 0.833. The van der Waals surface area contributed by atoms with Crippen LogP contribution in [0, 0.1) is 11.7 Å². The van der Waals surface area contributed by atoms with E-state index in [2.05, 4.69) is 9.62 Å². The molecular weight excluding hydrogens is 283 g/mol. The lowest BCUT2D eigenvalue weighted by Gasteiger charge is -2.14. The summed E-state index contributed by atoms with van der Waals surface area (Å²) in [5.74, 6) is -0.371. The maximum atomic E-state index is 13.2. The number of nitrogens with zero attached hydrogens (tertiary/aromatic N) is 1. The van der Waals surface area contributed by atoms with Crippen LogP contribution in [0.25, 0.3) is 0 Å². The van der Waals surface area contributed by atoms with Gasteiger partial charge in [0.05, 0.1) is 11.5 Å². The summed E-state index contributed by atoms with van der Waals surface area (Å²) in [5.41, 5.74) is 0.197. The SMILES string of the molecule is CN1CCC(CNS(=O)(=O)c2cc(F)ccc2CO)C1. The Balaban J connectivity index is 2.12. The van der Waals surface area contributed by atoms with Crippen molar-refractivity contribution in [3.05, 3.63) is 29.6 Å². The molecule has 5 nitrogen and oxygen atoms in total. The van der Waals surface area contributed by atoms with Gasteiger partial charge in [0, 0.05) is 13.1 Å². The van der Waals surface area contributed by atoms with Gasteiger partial charge in [-0.2, -0.15) is 0 Å². The predicted octanol–water partition coefficient (Wildman–Crippen LogP) is 0.548. The fourth-order valence-electron chi connectivity index (χ4n) is 2.41. The van der Waals surface area contributed by atoms with E-state index in [0.29, 0.717) is 6.54 Å². The molecule has 0 aromatic heterocycles. The van der Waals surface area contributed by atoms with Crippen LogP contribution in [0.15, 0.2) is 23.1 Å². The van der Waals surface area contributed by atoms with Crippen molar-refractivity contribution in [1.82, 2.24) is 9.62 Å². The van der Waals surface area contributed by atoms with Gasteiger partial charge in [0.1, 0.15) is 5.82 Å². The van der Waals surface area contributed by atoms with Crippen LogP contribution in [0.4, 0.5) is 4.39 Å². The van der Waals surface area contributed by atoms with Crippen LogP contribution in [-0.4, -0.2) is 45.1 Å². The maximum absolute atomic E-state index is 13.2. The van der Waals surface area contributed by atoms with Crippen LogP contribution in [0.1, 0.15) is 12.0 Å². The smallest absolute Gasteiger partial charge is 0.241 e. The van der Waals surface area contributed by atoms with Crippen molar-refractivity contribution in [2.75, 3.05) is 26.7 Å². The summed E-state index contributed by atoms with van der Waals surface area (Å²) in [6, 6.07) is 3.36. The molecule has 1 unspecified atom stereocenters. The van der Waals surface area contributed by atoms with Gasteiger partial charge in [0.25, 0.3) is 0 Å². The van der Waals surface area contributed by atoms with E-state index >= 15 is 0 Å². The highest BCUT2D eigenvalue weighted by molar-refractivity contribution is 7.89. The first-order valence-corrected chi connectivity index (χ1v) is 7.98. The molecule has 0 spiro atoms. The second kappa shape index (κ2) is 6.17. The number of nitrogens with one attached hydrogen (secondary N) is 1. The highest BCUT2D eigenvalue weighted by Gasteiger charge is 2.24. The third kappa shape index (κ3) is 3.54. The molecule has 1 saturated heterocycles. The Hall–Kier alpha value is -1.02. The Kier molecular flexibility index (Phi) is 4.74. The van der Waals surface area contributed by atoms with E-state index in [1.54, 1.807) is 0 Å². The molecule has 1 heterocycles. The second-order valence-electron chi connectivity index (χ2n) is 5.18. The molecule has 0 aliphatic carbocycles. The van der Waals surface area contributed by atoms with Crippen LogP contribution >= 0.6 is 0 Å². The van der Waals surface area contributed by atoms with Crippen molar-refractivity contribution in [3.63, 3.8) is 0 Å². The Morgan fingerprint density at radius 3 is 2.85 bits per heavy atom. The lowest BCUT2D eigenvalue weighted by molar-refractivity contribution is 0.278. The summed E-state index contributed by atoms with van der Waals surface area (Å²) in [4.78, 5) is 1.95. The summed E-state index contributed by atoms with van der Waals surface area (Å²) in [5, 5.41) is 9.17. The molecule has 1 aliphatic rings. The second-order valence-corrected chi connectivity index (χ2v) is 6.91. The van der Waals surface area contributed by atoms with E-state index in [-0.39, 0.29) is 16.4 Å². The van der Waals surface area contributed by atoms with Gasteiger partial charge < -0.3 is 10.0 Å². The molecule has 112 valence electrons. The van der Waals surface area contributed by atoms with E-state index < -0.39 is 22.4 Å². The molecule has 0 bridgehead atoms. The first-order valence-electron chi connectivity index (χ1n) is 6.50. The number of benzene rings is 1. The first-order chi connectivity index (χ1) is 9.42. The Morgan fingerprint density at radius 2 is 2.25 bits per heavy atom. The van der Waals surface area contributed by atoms with Gasteiger partial charge in [0.2, 0.25) is 10.0 Å². The molecule has 0 saturated carbocycles. The van der Waals surface area contributed by atoms with E-state index in [1.165, 1.54) is 6.07 Å². The number of likely N-dealkylation sites (tertiary alicyclic amines) is 1. The van der Waals surface area contributed by atoms with Crippen LogP contribution < -0.4 is 4.72 Å². The van der Waals surface area contributed by atoms with Crippen LogP contribution in [0.2, 0.25) is 0 Å². The summed E-state index contributed by atoms with van der Waals surface area (Å²) in [7, 11) is -1.81. The maximum Gasteiger partial charge on any atom is 0.241 e. The zero-order valence-corrected chi connectivity index (χ0v) is 12.2. The molecule has 1 aliphatic heterocycles. The number of aliphatic hydroxyl groups is 1. The summed E-state index contributed by atoms with van der Waals surface area (Å²) in [6.45, 7) is 1.68. The number of sulfonamides is 1. The van der Waals surface area contributed by atoms with Gasteiger partial charge in [-0.25, -0.2) is 17.5 Å². The molecule has 2 rings (SSSR count). The van der Waals surface area contributed by atoms with E-state index in [1.807, 2.05) is 7.05 Å². The molecule has 1 aromatic rings. The molecule has 1 fully saturated rings. The Morgan fingerprint density at radius 1 is 1.50 bits per heavy atom. The number of hydrogen-bond acceptors (Lipinski definition) is 4. The Bertz CT molecular complexity index is 577. The number of aliphatic hydroxyl groups excluding tert-OH is 1. The van der Waals surface area contributed by atoms with Crippen LogP contribution in [0.5, 0.6) is 0 Å². The van der Waals surface area contributed by atoms with E-state index in [9.17, 15) is 12.8 Å². The molecule has 0 radical (unpaired) electrons. The molecular formula is C13H19FN2O3S. The normalized spacial score (nSPS) is 20.4. The fourth-order valence-corrected chi connectivity index (χ4v) is 3.76. The van der Waals surface area contributed by atoms with Gasteiger partial charge in [-0.3, -0.25) is 0 Å². The van der Waals surface area contributed by atoms with Crippen LogP contribution in [0.3, 0.4) is 0 Å². The third-order valence-corrected chi connectivity index (χ3v) is 5.05. The van der Waals surface area contributed by atoms with E-state index in [4.69, 9.17) is 5.11 Å². The van der Waals surface area contributed by atoms with Crippen molar-refractivity contribution < 1.29 is 17.9 Å². The standard InChI is InChI=1S/C13H19FN2O3S/c1-16-5-4-10(8-16)7-15-20(18,19)13-6-12(14)3-2-11(13)9-17/h2-3,6,10,15,17H,4-5,7-9H2,1H3. The lowest BCUT2D eigenvalue weighted by Crippen LogP contribution is -2.31.